The van der Waals surface area contributed by atoms with Crippen LogP contribution in [-0.2, 0) is 11.3 Å². The monoisotopic (exact) mass is 358 g/mol. The Bertz CT molecular complexity index is 708. The molecule has 2 aromatic rings. The number of ether oxygens (including phenoxy) is 2. The smallest absolute Gasteiger partial charge is 0.319 e. The van der Waals surface area contributed by atoms with Gasteiger partial charge in [-0.3, -0.25) is 4.68 Å². The van der Waals surface area contributed by atoms with E-state index < -0.39 is 0 Å². The number of hydrogen-bond donors (Lipinski definition) is 2. The molecule has 2 heterocycles. The van der Waals surface area contributed by atoms with Crippen molar-refractivity contribution in [1.82, 2.24) is 15.1 Å². The van der Waals surface area contributed by atoms with Crippen LogP contribution in [0.2, 0.25) is 0 Å². The topological polar surface area (TPSA) is 77.4 Å². The van der Waals surface area contributed by atoms with Gasteiger partial charge in [-0.25, -0.2) is 4.79 Å². The number of anilines is 1. The second-order valence-corrected chi connectivity index (χ2v) is 6.42. The highest BCUT2D eigenvalue weighted by molar-refractivity contribution is 5.89. The molecule has 1 fully saturated rings. The number of urea groups is 1. The van der Waals surface area contributed by atoms with E-state index in [1.54, 1.807) is 13.3 Å². The molecule has 2 atom stereocenters. The van der Waals surface area contributed by atoms with Crippen molar-refractivity contribution in [1.29, 1.82) is 0 Å². The lowest BCUT2D eigenvalue weighted by atomic mass is 10.0. The zero-order valence-corrected chi connectivity index (χ0v) is 15.3. The number of methoxy groups -OCH3 is 1. The SMILES string of the molecule is CCC(NC(=O)Nc1cnn(CC2CCCO2)c1)c1ccc(OC)cc1. The van der Waals surface area contributed by atoms with E-state index in [0.717, 1.165) is 37.2 Å². The normalized spacial score (nSPS) is 17.7. The maximum atomic E-state index is 12.3. The number of benzene rings is 1. The first-order valence-corrected chi connectivity index (χ1v) is 9.03. The van der Waals surface area contributed by atoms with Crippen LogP contribution in [0.15, 0.2) is 36.7 Å². The Morgan fingerprint density at radius 2 is 2.23 bits per heavy atom. The Hall–Kier alpha value is -2.54. The Kier molecular flexibility index (Phi) is 6.12. The molecular formula is C19H26N4O3. The second-order valence-electron chi connectivity index (χ2n) is 6.42. The largest absolute Gasteiger partial charge is 0.497 e. The van der Waals surface area contributed by atoms with Gasteiger partial charge in [0.05, 0.1) is 37.7 Å². The average Bonchev–Trinajstić information content (AvgIpc) is 3.32. The average molecular weight is 358 g/mol. The van der Waals surface area contributed by atoms with Crippen LogP contribution in [0.1, 0.15) is 37.8 Å². The first-order chi connectivity index (χ1) is 12.7. The first kappa shape index (κ1) is 18.3. The molecule has 0 aliphatic carbocycles. The zero-order valence-electron chi connectivity index (χ0n) is 15.3. The molecule has 1 aromatic heterocycles. The number of carbonyl (C=O) groups is 1. The fraction of sp³-hybridized carbons (Fsp3) is 0.474. The van der Waals surface area contributed by atoms with E-state index >= 15 is 0 Å². The molecule has 0 radical (unpaired) electrons. The summed E-state index contributed by atoms with van der Waals surface area (Å²) in [6.45, 7) is 3.57. The Labute approximate surface area is 153 Å². The van der Waals surface area contributed by atoms with E-state index in [1.807, 2.05) is 42.1 Å². The van der Waals surface area contributed by atoms with Crippen molar-refractivity contribution in [2.75, 3.05) is 19.0 Å². The predicted octanol–water partition coefficient (Wildman–Crippen LogP) is 3.34. The third-order valence-corrected chi connectivity index (χ3v) is 4.54. The van der Waals surface area contributed by atoms with Gasteiger partial charge >= 0.3 is 6.03 Å². The summed E-state index contributed by atoms with van der Waals surface area (Å²) in [4.78, 5) is 12.3. The number of nitrogens with zero attached hydrogens (tertiary/aromatic N) is 2. The van der Waals surface area contributed by atoms with Gasteiger partial charge < -0.3 is 20.1 Å². The Morgan fingerprint density at radius 1 is 1.42 bits per heavy atom. The van der Waals surface area contributed by atoms with Gasteiger partial charge in [-0.1, -0.05) is 19.1 Å². The summed E-state index contributed by atoms with van der Waals surface area (Å²) < 4.78 is 12.6. The van der Waals surface area contributed by atoms with Crippen LogP contribution in [-0.4, -0.2) is 35.6 Å². The highest BCUT2D eigenvalue weighted by Gasteiger charge is 2.17. The standard InChI is InChI=1S/C19H26N4O3/c1-3-18(14-6-8-16(25-2)9-7-14)22-19(24)21-15-11-20-23(12-15)13-17-5-4-10-26-17/h6-9,11-12,17-18H,3-5,10,13H2,1-2H3,(H2,21,22,24). The molecule has 140 valence electrons. The molecule has 26 heavy (non-hydrogen) atoms. The van der Waals surface area contributed by atoms with Gasteiger partial charge in [0.15, 0.2) is 0 Å². The van der Waals surface area contributed by atoms with Crippen LogP contribution in [0, 0.1) is 0 Å². The predicted molar refractivity (Wildman–Crippen MR) is 99.4 cm³/mol. The van der Waals surface area contributed by atoms with E-state index in [9.17, 15) is 4.79 Å². The summed E-state index contributed by atoms with van der Waals surface area (Å²) in [5, 5.41) is 10.1. The zero-order chi connectivity index (χ0) is 18.4. The lowest BCUT2D eigenvalue weighted by Gasteiger charge is -2.18. The van der Waals surface area contributed by atoms with Crippen LogP contribution in [0.5, 0.6) is 5.75 Å². The van der Waals surface area contributed by atoms with Crippen LogP contribution in [0.4, 0.5) is 10.5 Å². The van der Waals surface area contributed by atoms with Gasteiger partial charge in [0.25, 0.3) is 0 Å². The van der Waals surface area contributed by atoms with Crippen molar-refractivity contribution in [3.05, 3.63) is 42.2 Å². The molecule has 3 rings (SSSR count). The first-order valence-electron chi connectivity index (χ1n) is 9.03. The summed E-state index contributed by atoms with van der Waals surface area (Å²) in [6, 6.07) is 7.41. The third kappa shape index (κ3) is 4.76. The van der Waals surface area contributed by atoms with Crippen molar-refractivity contribution >= 4 is 11.7 Å². The van der Waals surface area contributed by atoms with Gasteiger partial charge in [-0.2, -0.15) is 5.10 Å². The number of hydrogen-bond acceptors (Lipinski definition) is 4. The van der Waals surface area contributed by atoms with Crippen molar-refractivity contribution in [3.63, 3.8) is 0 Å². The lowest BCUT2D eigenvalue weighted by Crippen LogP contribution is -2.32. The van der Waals surface area contributed by atoms with Crippen LogP contribution >= 0.6 is 0 Å². The van der Waals surface area contributed by atoms with Gasteiger partial charge in [0.2, 0.25) is 0 Å². The molecule has 0 bridgehead atoms. The number of amides is 2. The Balaban J connectivity index is 1.54. The third-order valence-electron chi connectivity index (χ3n) is 4.54. The maximum absolute atomic E-state index is 12.3. The number of rotatable bonds is 7. The molecule has 1 saturated heterocycles. The number of nitrogens with one attached hydrogen (secondary N) is 2. The maximum Gasteiger partial charge on any atom is 0.319 e. The highest BCUT2D eigenvalue weighted by Crippen LogP contribution is 2.20. The van der Waals surface area contributed by atoms with E-state index in [-0.39, 0.29) is 18.2 Å². The molecule has 2 amide bonds. The van der Waals surface area contributed by atoms with Gasteiger partial charge in [0.1, 0.15) is 5.75 Å². The summed E-state index contributed by atoms with van der Waals surface area (Å²) >= 11 is 0. The van der Waals surface area contributed by atoms with Crippen LogP contribution in [0.25, 0.3) is 0 Å². The van der Waals surface area contributed by atoms with Crippen LogP contribution < -0.4 is 15.4 Å². The van der Waals surface area contributed by atoms with Gasteiger partial charge in [0, 0.05) is 12.8 Å². The second kappa shape index (κ2) is 8.71. The summed E-state index contributed by atoms with van der Waals surface area (Å²) in [7, 11) is 1.64. The summed E-state index contributed by atoms with van der Waals surface area (Å²) in [5.41, 5.74) is 1.71. The van der Waals surface area contributed by atoms with Crippen molar-refractivity contribution in [3.8, 4) is 5.75 Å². The molecule has 1 aliphatic rings. The molecule has 7 heteroatoms. The van der Waals surface area contributed by atoms with Crippen LogP contribution in [0.3, 0.4) is 0 Å². The van der Waals surface area contributed by atoms with E-state index in [0.29, 0.717) is 12.2 Å². The quantitative estimate of drug-likeness (QED) is 0.796. The fourth-order valence-corrected chi connectivity index (χ4v) is 3.11. The molecule has 0 saturated carbocycles. The number of aromatic nitrogens is 2. The van der Waals surface area contributed by atoms with Crippen molar-refractivity contribution in [2.45, 2.75) is 44.9 Å². The molecule has 1 aromatic carbocycles. The lowest BCUT2D eigenvalue weighted by molar-refractivity contribution is 0.0940. The fourth-order valence-electron chi connectivity index (χ4n) is 3.11. The molecule has 7 nitrogen and oxygen atoms in total. The van der Waals surface area contributed by atoms with E-state index in [1.165, 1.54) is 0 Å². The van der Waals surface area contributed by atoms with Gasteiger partial charge in [-0.15, -0.1) is 0 Å². The van der Waals surface area contributed by atoms with Gasteiger partial charge in [-0.05, 0) is 37.0 Å². The van der Waals surface area contributed by atoms with E-state index in [4.69, 9.17) is 9.47 Å². The summed E-state index contributed by atoms with van der Waals surface area (Å²) in [6.07, 6.45) is 6.65. The van der Waals surface area contributed by atoms with Crippen molar-refractivity contribution in [2.24, 2.45) is 0 Å². The summed E-state index contributed by atoms with van der Waals surface area (Å²) in [5.74, 6) is 0.798. The molecule has 2 unspecified atom stereocenters. The van der Waals surface area contributed by atoms with Crippen molar-refractivity contribution < 1.29 is 14.3 Å². The van der Waals surface area contributed by atoms with E-state index in [2.05, 4.69) is 15.7 Å². The highest BCUT2D eigenvalue weighted by atomic mass is 16.5. The minimum atomic E-state index is -0.246. The molecule has 1 aliphatic heterocycles. The minimum absolute atomic E-state index is 0.0668. The molecule has 2 N–H and O–H groups in total. The Morgan fingerprint density at radius 3 is 2.88 bits per heavy atom. The molecular weight excluding hydrogens is 332 g/mol. The molecule has 0 spiro atoms. The minimum Gasteiger partial charge on any atom is -0.497 e. The number of carbonyl (C=O) groups excluding carboxylic acids is 1.